The largest absolute Gasteiger partial charge is 0.497 e. The third kappa shape index (κ3) is 5.37. The number of hydrogen-bond donors (Lipinski definition) is 1. The Hall–Kier alpha value is -2.73. The van der Waals surface area contributed by atoms with E-state index < -0.39 is 0 Å². The molecule has 0 fully saturated rings. The number of ether oxygens (including phenoxy) is 1. The van der Waals surface area contributed by atoms with E-state index in [1.807, 2.05) is 49.4 Å². The molecule has 0 saturated carbocycles. The Morgan fingerprint density at radius 1 is 1.11 bits per heavy atom. The molecule has 3 aromatic rings. The van der Waals surface area contributed by atoms with Crippen LogP contribution in [0.4, 0.5) is 0 Å². The molecule has 3 rings (SSSR count). The Morgan fingerprint density at radius 2 is 1.93 bits per heavy atom. The number of carbonyl (C=O) groups is 1. The standard InChI is InChI=1S/C21H23N3O2S/c1-15-20(27-19(24-15)11-8-17-5-3-4-13-22-17)21(25)23-14-12-16-6-9-18(26-2)10-7-16/h3-7,9-10,13H,8,11-12,14H2,1-2H3,(H,23,25). The number of aryl methyl sites for hydroxylation is 3. The molecule has 0 bridgehead atoms. The van der Waals surface area contributed by atoms with E-state index in [1.54, 1.807) is 13.3 Å². The Balaban J connectivity index is 1.51. The quantitative estimate of drug-likeness (QED) is 0.647. The van der Waals surface area contributed by atoms with E-state index in [9.17, 15) is 4.79 Å². The van der Waals surface area contributed by atoms with Gasteiger partial charge < -0.3 is 10.1 Å². The minimum absolute atomic E-state index is 0.0532. The Morgan fingerprint density at radius 3 is 2.63 bits per heavy atom. The third-order valence-electron chi connectivity index (χ3n) is 4.23. The van der Waals surface area contributed by atoms with Crippen LogP contribution in [-0.4, -0.2) is 29.5 Å². The molecule has 2 heterocycles. The number of methoxy groups -OCH3 is 1. The lowest BCUT2D eigenvalue weighted by atomic mass is 10.1. The van der Waals surface area contributed by atoms with Gasteiger partial charge in [-0.2, -0.15) is 0 Å². The maximum atomic E-state index is 12.5. The number of carbonyl (C=O) groups excluding carboxylic acids is 1. The molecule has 27 heavy (non-hydrogen) atoms. The van der Waals surface area contributed by atoms with Gasteiger partial charge in [-0.25, -0.2) is 4.98 Å². The van der Waals surface area contributed by atoms with E-state index in [1.165, 1.54) is 11.3 Å². The molecule has 1 amide bonds. The van der Waals surface area contributed by atoms with Crippen molar-refractivity contribution < 1.29 is 9.53 Å². The van der Waals surface area contributed by atoms with Crippen LogP contribution in [0.2, 0.25) is 0 Å². The van der Waals surface area contributed by atoms with Crippen LogP contribution in [0.5, 0.6) is 5.75 Å². The molecule has 0 radical (unpaired) electrons. The molecular weight excluding hydrogens is 358 g/mol. The second-order valence-electron chi connectivity index (χ2n) is 6.20. The zero-order valence-corrected chi connectivity index (χ0v) is 16.4. The van der Waals surface area contributed by atoms with Crippen LogP contribution in [0.3, 0.4) is 0 Å². The lowest BCUT2D eigenvalue weighted by molar-refractivity contribution is 0.0957. The third-order valence-corrected chi connectivity index (χ3v) is 5.44. The number of pyridine rings is 1. The van der Waals surface area contributed by atoms with Gasteiger partial charge in [0.25, 0.3) is 5.91 Å². The Bertz CT molecular complexity index is 876. The van der Waals surface area contributed by atoms with Crippen molar-refractivity contribution in [1.82, 2.24) is 15.3 Å². The van der Waals surface area contributed by atoms with E-state index in [0.717, 1.165) is 47.0 Å². The predicted molar refractivity (Wildman–Crippen MR) is 108 cm³/mol. The molecule has 0 aliphatic heterocycles. The predicted octanol–water partition coefficient (Wildman–Crippen LogP) is 3.61. The molecule has 1 N–H and O–H groups in total. The van der Waals surface area contributed by atoms with Gasteiger partial charge in [0.15, 0.2) is 0 Å². The lowest BCUT2D eigenvalue weighted by Gasteiger charge is -2.05. The summed E-state index contributed by atoms with van der Waals surface area (Å²) in [5, 5.41) is 3.96. The number of nitrogens with zero attached hydrogens (tertiary/aromatic N) is 2. The summed E-state index contributed by atoms with van der Waals surface area (Å²) >= 11 is 1.47. The van der Waals surface area contributed by atoms with Gasteiger partial charge in [-0.3, -0.25) is 9.78 Å². The monoisotopic (exact) mass is 381 g/mol. The molecule has 0 aliphatic rings. The molecule has 0 atom stereocenters. The van der Waals surface area contributed by atoms with Crippen LogP contribution in [0, 0.1) is 6.92 Å². The summed E-state index contributed by atoms with van der Waals surface area (Å²) in [5.41, 5.74) is 2.99. The van der Waals surface area contributed by atoms with Gasteiger partial charge >= 0.3 is 0 Å². The number of benzene rings is 1. The smallest absolute Gasteiger partial charge is 0.263 e. The Labute approximate surface area is 163 Å². The summed E-state index contributed by atoms with van der Waals surface area (Å²) < 4.78 is 5.15. The van der Waals surface area contributed by atoms with Gasteiger partial charge in [-0.15, -0.1) is 11.3 Å². The molecule has 0 unspecified atom stereocenters. The highest BCUT2D eigenvalue weighted by atomic mass is 32.1. The zero-order valence-electron chi connectivity index (χ0n) is 15.6. The SMILES string of the molecule is COc1ccc(CCNC(=O)c2sc(CCc3ccccn3)nc2C)cc1. The van der Waals surface area contributed by atoms with Gasteiger partial charge in [0.2, 0.25) is 0 Å². The minimum Gasteiger partial charge on any atom is -0.497 e. The summed E-state index contributed by atoms with van der Waals surface area (Å²) in [7, 11) is 1.65. The van der Waals surface area contributed by atoms with Crippen LogP contribution in [-0.2, 0) is 19.3 Å². The van der Waals surface area contributed by atoms with Crippen LogP contribution >= 0.6 is 11.3 Å². The average Bonchev–Trinajstić information content (AvgIpc) is 3.08. The van der Waals surface area contributed by atoms with Gasteiger partial charge in [-0.1, -0.05) is 18.2 Å². The highest BCUT2D eigenvalue weighted by Gasteiger charge is 2.15. The van der Waals surface area contributed by atoms with Crippen molar-refractivity contribution >= 4 is 17.2 Å². The van der Waals surface area contributed by atoms with Crippen molar-refractivity contribution in [2.24, 2.45) is 0 Å². The summed E-state index contributed by atoms with van der Waals surface area (Å²) in [6.45, 7) is 2.48. The van der Waals surface area contributed by atoms with Crippen molar-refractivity contribution in [3.8, 4) is 5.75 Å². The lowest BCUT2D eigenvalue weighted by Crippen LogP contribution is -2.25. The maximum absolute atomic E-state index is 12.5. The fourth-order valence-electron chi connectivity index (χ4n) is 2.74. The topological polar surface area (TPSA) is 64.1 Å². The van der Waals surface area contributed by atoms with Crippen molar-refractivity contribution in [3.63, 3.8) is 0 Å². The number of aromatic nitrogens is 2. The number of rotatable bonds is 8. The molecule has 140 valence electrons. The molecule has 2 aromatic heterocycles. The Kier molecular flexibility index (Phi) is 6.54. The van der Waals surface area contributed by atoms with Crippen LogP contribution in [0.25, 0.3) is 0 Å². The normalized spacial score (nSPS) is 10.6. The summed E-state index contributed by atoms with van der Waals surface area (Å²) in [5.74, 6) is 0.781. The van der Waals surface area contributed by atoms with Gasteiger partial charge in [0.05, 0.1) is 17.8 Å². The van der Waals surface area contributed by atoms with Crippen molar-refractivity contribution in [2.45, 2.75) is 26.2 Å². The van der Waals surface area contributed by atoms with E-state index in [-0.39, 0.29) is 5.91 Å². The van der Waals surface area contributed by atoms with Crippen LogP contribution in [0.15, 0.2) is 48.7 Å². The molecule has 0 spiro atoms. The molecular formula is C21H23N3O2S. The average molecular weight is 382 g/mol. The van der Waals surface area contributed by atoms with E-state index in [0.29, 0.717) is 11.4 Å². The summed E-state index contributed by atoms with van der Waals surface area (Å²) in [4.78, 5) is 22.0. The van der Waals surface area contributed by atoms with Gasteiger partial charge in [0.1, 0.15) is 10.6 Å². The van der Waals surface area contributed by atoms with Crippen molar-refractivity contribution in [2.75, 3.05) is 13.7 Å². The number of thiazole rings is 1. The number of nitrogens with one attached hydrogen (secondary N) is 1. The van der Waals surface area contributed by atoms with Crippen LogP contribution < -0.4 is 10.1 Å². The van der Waals surface area contributed by atoms with E-state index in [2.05, 4.69) is 15.3 Å². The second-order valence-corrected chi connectivity index (χ2v) is 7.28. The summed E-state index contributed by atoms with van der Waals surface area (Å²) in [6, 6.07) is 13.8. The van der Waals surface area contributed by atoms with Crippen molar-refractivity contribution in [3.05, 3.63) is 75.5 Å². The number of amides is 1. The highest BCUT2D eigenvalue weighted by Crippen LogP contribution is 2.19. The van der Waals surface area contributed by atoms with Crippen molar-refractivity contribution in [1.29, 1.82) is 0 Å². The summed E-state index contributed by atoms with van der Waals surface area (Å²) in [6.07, 6.45) is 4.19. The molecule has 6 heteroatoms. The molecule has 1 aromatic carbocycles. The zero-order chi connectivity index (χ0) is 19.1. The highest BCUT2D eigenvalue weighted by molar-refractivity contribution is 7.13. The molecule has 0 saturated heterocycles. The second kappa shape index (κ2) is 9.28. The minimum atomic E-state index is -0.0532. The van der Waals surface area contributed by atoms with E-state index >= 15 is 0 Å². The first-order chi connectivity index (χ1) is 13.2. The fourth-order valence-corrected chi connectivity index (χ4v) is 3.72. The fraction of sp³-hybridized carbons (Fsp3) is 0.286. The van der Waals surface area contributed by atoms with Crippen LogP contribution in [0.1, 0.15) is 31.6 Å². The van der Waals surface area contributed by atoms with Gasteiger partial charge in [0, 0.05) is 24.9 Å². The van der Waals surface area contributed by atoms with Gasteiger partial charge in [-0.05, 0) is 49.6 Å². The first-order valence-corrected chi connectivity index (χ1v) is 9.74. The maximum Gasteiger partial charge on any atom is 0.263 e. The van der Waals surface area contributed by atoms with E-state index in [4.69, 9.17) is 4.74 Å². The number of hydrogen-bond acceptors (Lipinski definition) is 5. The first-order valence-electron chi connectivity index (χ1n) is 8.93. The molecule has 5 nitrogen and oxygen atoms in total. The molecule has 0 aliphatic carbocycles. The first kappa shape index (κ1) is 19.0.